The second-order valence-corrected chi connectivity index (χ2v) is 3.13. The predicted molar refractivity (Wildman–Crippen MR) is 51.3 cm³/mol. The van der Waals surface area contributed by atoms with Gasteiger partial charge in [-0.3, -0.25) is 0 Å². The molecule has 0 spiro atoms. The lowest BCUT2D eigenvalue weighted by atomic mass is 10.1. The highest BCUT2D eigenvalue weighted by molar-refractivity contribution is 5.80. The molecule has 0 aliphatic carbocycles. The third-order valence-corrected chi connectivity index (χ3v) is 2.14. The lowest BCUT2D eigenvalue weighted by molar-refractivity contribution is 0.387. The molecule has 1 aromatic heterocycles. The minimum absolute atomic E-state index is 0.305. The zero-order valence-electron chi connectivity index (χ0n) is 7.66. The van der Waals surface area contributed by atoms with Crippen molar-refractivity contribution in [2.75, 3.05) is 6.54 Å². The monoisotopic (exact) mass is 194 g/mol. The van der Waals surface area contributed by atoms with Gasteiger partial charge < -0.3 is 10.3 Å². The molecule has 3 nitrogen and oxygen atoms in total. The number of hydrogen-bond acceptors (Lipinski definition) is 3. The van der Waals surface area contributed by atoms with Crippen molar-refractivity contribution in [1.29, 1.82) is 0 Å². The Labute approximate surface area is 80.7 Å². The van der Waals surface area contributed by atoms with Gasteiger partial charge in [-0.1, -0.05) is 11.2 Å². The maximum absolute atomic E-state index is 13.2. The Bertz CT molecular complexity index is 439. The molecule has 0 fully saturated rings. The van der Waals surface area contributed by atoms with Gasteiger partial charge in [-0.25, -0.2) is 4.39 Å². The van der Waals surface area contributed by atoms with Gasteiger partial charge in [-0.05, 0) is 25.1 Å². The van der Waals surface area contributed by atoms with Crippen molar-refractivity contribution in [3.05, 3.63) is 29.8 Å². The van der Waals surface area contributed by atoms with Crippen molar-refractivity contribution in [3.63, 3.8) is 0 Å². The second-order valence-electron chi connectivity index (χ2n) is 3.13. The number of benzene rings is 1. The van der Waals surface area contributed by atoms with Crippen LogP contribution in [0.4, 0.5) is 4.39 Å². The molecule has 0 atom stereocenters. The summed E-state index contributed by atoms with van der Waals surface area (Å²) < 4.78 is 18.2. The van der Waals surface area contributed by atoms with E-state index < -0.39 is 0 Å². The van der Waals surface area contributed by atoms with Crippen LogP contribution >= 0.6 is 0 Å². The summed E-state index contributed by atoms with van der Waals surface area (Å²) in [5.74, 6) is 0.371. The SMILES string of the molecule is NCCCc1onc2c(F)cccc12. The minimum atomic E-state index is -0.342. The Kier molecular flexibility index (Phi) is 2.45. The van der Waals surface area contributed by atoms with Gasteiger partial charge in [0.2, 0.25) is 0 Å². The van der Waals surface area contributed by atoms with Crippen LogP contribution in [0.5, 0.6) is 0 Å². The summed E-state index contributed by atoms with van der Waals surface area (Å²) in [6, 6.07) is 4.83. The van der Waals surface area contributed by atoms with E-state index in [0.717, 1.165) is 11.8 Å². The molecule has 1 heterocycles. The number of aromatic nitrogens is 1. The van der Waals surface area contributed by atoms with E-state index in [1.54, 1.807) is 12.1 Å². The lowest BCUT2D eigenvalue weighted by Crippen LogP contribution is -1.99. The fraction of sp³-hybridized carbons (Fsp3) is 0.300. The Morgan fingerprint density at radius 1 is 1.43 bits per heavy atom. The number of nitrogens with zero attached hydrogens (tertiary/aromatic N) is 1. The Hall–Kier alpha value is -1.42. The van der Waals surface area contributed by atoms with Gasteiger partial charge >= 0.3 is 0 Å². The van der Waals surface area contributed by atoms with Gasteiger partial charge in [0.25, 0.3) is 0 Å². The van der Waals surface area contributed by atoms with E-state index in [2.05, 4.69) is 5.16 Å². The summed E-state index contributed by atoms with van der Waals surface area (Å²) in [5, 5.41) is 4.43. The van der Waals surface area contributed by atoms with Crippen molar-refractivity contribution in [1.82, 2.24) is 5.16 Å². The highest BCUT2D eigenvalue weighted by Gasteiger charge is 2.10. The van der Waals surface area contributed by atoms with Crippen LogP contribution in [0.1, 0.15) is 12.2 Å². The van der Waals surface area contributed by atoms with E-state index in [-0.39, 0.29) is 5.82 Å². The fourth-order valence-electron chi connectivity index (χ4n) is 1.43. The summed E-state index contributed by atoms with van der Waals surface area (Å²) in [7, 11) is 0. The normalized spacial score (nSPS) is 11.0. The Balaban J connectivity index is 2.42. The summed E-state index contributed by atoms with van der Waals surface area (Å²) >= 11 is 0. The maximum atomic E-state index is 13.2. The molecule has 2 aromatic rings. The first kappa shape index (κ1) is 9.15. The van der Waals surface area contributed by atoms with Gasteiger partial charge in [0.1, 0.15) is 11.3 Å². The molecular formula is C10H11FN2O. The van der Waals surface area contributed by atoms with Crippen LogP contribution in [-0.4, -0.2) is 11.7 Å². The zero-order chi connectivity index (χ0) is 9.97. The zero-order valence-corrected chi connectivity index (χ0v) is 7.66. The van der Waals surface area contributed by atoms with Crippen LogP contribution in [0, 0.1) is 5.82 Å². The van der Waals surface area contributed by atoms with Crippen molar-refractivity contribution in [2.45, 2.75) is 12.8 Å². The average molecular weight is 194 g/mol. The number of hydrogen-bond donors (Lipinski definition) is 1. The molecule has 0 saturated carbocycles. The molecule has 0 radical (unpaired) electrons. The fourth-order valence-corrected chi connectivity index (χ4v) is 1.43. The molecule has 0 bridgehead atoms. The lowest BCUT2D eigenvalue weighted by Gasteiger charge is -1.93. The van der Waals surface area contributed by atoms with Crippen molar-refractivity contribution < 1.29 is 8.91 Å². The second kappa shape index (κ2) is 3.75. The maximum Gasteiger partial charge on any atom is 0.152 e. The van der Waals surface area contributed by atoms with Gasteiger partial charge in [0, 0.05) is 11.8 Å². The van der Waals surface area contributed by atoms with Crippen molar-refractivity contribution in [3.8, 4) is 0 Å². The van der Waals surface area contributed by atoms with E-state index in [1.165, 1.54) is 6.07 Å². The molecule has 0 amide bonds. The highest BCUT2D eigenvalue weighted by Crippen LogP contribution is 2.21. The number of fused-ring (bicyclic) bond motifs is 1. The molecular weight excluding hydrogens is 183 g/mol. The molecule has 74 valence electrons. The molecule has 2 N–H and O–H groups in total. The van der Waals surface area contributed by atoms with Crippen LogP contribution < -0.4 is 5.73 Å². The molecule has 0 aliphatic heterocycles. The Morgan fingerprint density at radius 3 is 3.07 bits per heavy atom. The molecule has 1 aromatic carbocycles. The Morgan fingerprint density at radius 2 is 2.29 bits per heavy atom. The van der Waals surface area contributed by atoms with E-state index >= 15 is 0 Å². The molecule has 0 aliphatic rings. The summed E-state index contributed by atoms with van der Waals surface area (Å²) in [6.45, 7) is 0.595. The largest absolute Gasteiger partial charge is 0.360 e. The first-order chi connectivity index (χ1) is 6.83. The van der Waals surface area contributed by atoms with Crippen LogP contribution in [-0.2, 0) is 6.42 Å². The van der Waals surface area contributed by atoms with E-state index in [9.17, 15) is 4.39 Å². The van der Waals surface area contributed by atoms with Gasteiger partial charge in [0.05, 0.1) is 0 Å². The topological polar surface area (TPSA) is 52.0 Å². The van der Waals surface area contributed by atoms with E-state index in [0.29, 0.717) is 24.2 Å². The number of nitrogens with two attached hydrogens (primary N) is 1. The van der Waals surface area contributed by atoms with Crippen LogP contribution in [0.15, 0.2) is 22.7 Å². The summed E-state index contributed by atoms with van der Waals surface area (Å²) in [6.07, 6.45) is 1.53. The number of halogens is 1. The molecule has 14 heavy (non-hydrogen) atoms. The quantitative estimate of drug-likeness (QED) is 0.811. The van der Waals surface area contributed by atoms with Crippen molar-refractivity contribution >= 4 is 10.9 Å². The smallest absolute Gasteiger partial charge is 0.152 e. The van der Waals surface area contributed by atoms with Crippen LogP contribution in [0.25, 0.3) is 10.9 Å². The predicted octanol–water partition coefficient (Wildman–Crippen LogP) is 1.86. The van der Waals surface area contributed by atoms with E-state index in [4.69, 9.17) is 10.3 Å². The first-order valence-corrected chi connectivity index (χ1v) is 4.56. The first-order valence-electron chi connectivity index (χ1n) is 4.56. The number of rotatable bonds is 3. The average Bonchev–Trinajstić information content (AvgIpc) is 2.60. The summed E-state index contributed by atoms with van der Waals surface area (Å²) in [5.41, 5.74) is 5.69. The van der Waals surface area contributed by atoms with Crippen LogP contribution in [0.2, 0.25) is 0 Å². The molecule has 2 rings (SSSR count). The van der Waals surface area contributed by atoms with Crippen LogP contribution in [0.3, 0.4) is 0 Å². The minimum Gasteiger partial charge on any atom is -0.360 e. The third-order valence-electron chi connectivity index (χ3n) is 2.14. The van der Waals surface area contributed by atoms with Gasteiger partial charge in [-0.2, -0.15) is 0 Å². The molecule has 0 unspecified atom stereocenters. The van der Waals surface area contributed by atoms with Gasteiger partial charge in [0.15, 0.2) is 5.82 Å². The van der Waals surface area contributed by atoms with E-state index in [1.807, 2.05) is 0 Å². The van der Waals surface area contributed by atoms with Gasteiger partial charge in [-0.15, -0.1) is 0 Å². The van der Waals surface area contributed by atoms with Crippen molar-refractivity contribution in [2.24, 2.45) is 5.73 Å². The highest BCUT2D eigenvalue weighted by atomic mass is 19.1. The third kappa shape index (κ3) is 1.48. The molecule has 4 heteroatoms. The summed E-state index contributed by atoms with van der Waals surface area (Å²) in [4.78, 5) is 0. The number of aryl methyl sites for hydroxylation is 1. The standard InChI is InChI=1S/C10H11FN2O/c11-8-4-1-3-7-9(5-2-6-12)14-13-10(7)8/h1,3-4H,2,5-6,12H2. The molecule has 0 saturated heterocycles.